The minimum absolute atomic E-state index is 0. The number of anilines is 1. The molecule has 0 unspecified atom stereocenters. The van der Waals surface area contributed by atoms with Gasteiger partial charge in [0.15, 0.2) is 9.84 Å². The molecule has 1 saturated heterocycles. The maximum atomic E-state index is 12.6. The van der Waals surface area contributed by atoms with Crippen molar-refractivity contribution >= 4 is 80.7 Å². The number of carbonyl (C=O) groups is 4. The van der Waals surface area contributed by atoms with Crippen molar-refractivity contribution in [3.63, 3.8) is 0 Å². The molecule has 0 saturated carbocycles. The zero-order valence-corrected chi connectivity index (χ0v) is 19.6. The monoisotopic (exact) mass is 537 g/mol. The Morgan fingerprint density at radius 2 is 1.94 bits per heavy atom. The first-order valence-corrected chi connectivity index (χ1v) is 13.1. The maximum absolute atomic E-state index is 12.6. The molecule has 1 fully saturated rings. The van der Waals surface area contributed by atoms with Crippen LogP contribution in [-0.4, -0.2) is 119 Å². The van der Waals surface area contributed by atoms with Crippen LogP contribution in [0.25, 0.3) is 0 Å². The molecule has 0 aromatic heterocycles. The fraction of sp³-hybridized carbons (Fsp3) is 0.400. The number of thioether (sulfide) groups is 1. The van der Waals surface area contributed by atoms with E-state index in [1.807, 2.05) is 0 Å². The Kier molecular flexibility index (Phi) is 10.2. The molecule has 4 N–H and O–H groups in total. The van der Waals surface area contributed by atoms with Gasteiger partial charge in [0.05, 0.1) is 18.8 Å². The first-order chi connectivity index (χ1) is 16.0. The number of rotatable bonds is 9. The number of ether oxygens (including phenoxy) is 1. The summed E-state index contributed by atoms with van der Waals surface area (Å²) >= 11 is 1.24. The number of β-lactam (4-membered cyclic amide) rings is 1. The van der Waals surface area contributed by atoms with Crippen molar-refractivity contribution < 1.29 is 42.5 Å². The normalized spacial score (nSPS) is 19.1. The molecule has 0 bridgehead atoms. The summed E-state index contributed by atoms with van der Waals surface area (Å²) in [6.45, 7) is -0.805. The molecule has 12 nitrogen and oxygen atoms in total. The third kappa shape index (κ3) is 7.21. The number of sulfone groups is 1. The van der Waals surface area contributed by atoms with Crippen LogP contribution in [0.1, 0.15) is 5.56 Å². The van der Waals surface area contributed by atoms with Crippen molar-refractivity contribution in [2.24, 2.45) is 0 Å². The van der Waals surface area contributed by atoms with Gasteiger partial charge in [0.25, 0.3) is 5.91 Å². The Hall–Kier alpha value is -2.10. The van der Waals surface area contributed by atoms with Crippen LogP contribution in [-0.2, 0) is 35.4 Å². The van der Waals surface area contributed by atoms with E-state index >= 15 is 0 Å². The molecule has 1 aromatic carbocycles. The predicted molar refractivity (Wildman–Crippen MR) is 129 cm³/mol. The number of aliphatic hydroxyl groups is 1. The third-order valence-corrected chi connectivity index (χ3v) is 7.30. The number of carboxylic acid groups (broad SMARTS) is 1. The summed E-state index contributed by atoms with van der Waals surface area (Å²) in [5.41, 5.74) is 0.675. The number of carbonyl (C=O) groups excluding carboxylic acids is 3. The van der Waals surface area contributed by atoms with Crippen molar-refractivity contribution in [3.05, 3.63) is 41.1 Å². The Labute approximate surface area is 227 Å². The molecule has 15 heteroatoms. The number of benzene rings is 1. The van der Waals surface area contributed by atoms with Crippen molar-refractivity contribution in [1.82, 2.24) is 10.2 Å². The SMILES string of the molecule is CS(=O)(=O)CCOC(=O)Nc1ccccc1CC(=O)N[C@@H]1C(=O)N2C(C(=O)O)=C(CO)CS[C@H]12.[NaH]. The second kappa shape index (κ2) is 12.2. The topological polar surface area (TPSA) is 179 Å². The van der Waals surface area contributed by atoms with Gasteiger partial charge in [-0.1, -0.05) is 18.2 Å². The Bertz CT molecular complexity index is 1160. The number of amides is 3. The predicted octanol–water partition coefficient (Wildman–Crippen LogP) is -1.10. The number of nitrogens with one attached hydrogen (secondary N) is 2. The second-order valence-electron chi connectivity index (χ2n) is 7.60. The number of aliphatic hydroxyl groups excluding tert-OH is 1. The summed E-state index contributed by atoms with van der Waals surface area (Å²) in [6, 6.07) is 5.48. The number of hydrogen-bond donors (Lipinski definition) is 4. The number of para-hydroxylation sites is 1. The van der Waals surface area contributed by atoms with Gasteiger partial charge in [0.2, 0.25) is 5.91 Å². The van der Waals surface area contributed by atoms with Gasteiger partial charge < -0.3 is 20.3 Å². The average Bonchev–Trinajstić information content (AvgIpc) is 2.76. The summed E-state index contributed by atoms with van der Waals surface area (Å²) in [4.78, 5) is 49.7. The standard InChI is InChI=1S/C20H23N3O9S2.Na.H/c1-34(30,31)7-6-32-20(29)21-13-5-3-2-4-11(13)8-14(25)22-15-17(26)23-16(19(27)28)12(9-24)10-33-18(15)23;;/h2-5,15,18,24H,6-10H2,1H3,(H,21,29)(H,22,25)(H,27,28);;/t15-,18-;;/m1../s1. The Balaban J connectivity index is 0.00000432. The zero-order chi connectivity index (χ0) is 25.0. The molecular weight excluding hydrogens is 513 g/mol. The van der Waals surface area contributed by atoms with Crippen molar-refractivity contribution in [2.45, 2.75) is 17.8 Å². The van der Waals surface area contributed by atoms with E-state index in [4.69, 9.17) is 4.74 Å². The van der Waals surface area contributed by atoms with Crippen LogP contribution in [0.3, 0.4) is 0 Å². The van der Waals surface area contributed by atoms with Crippen LogP contribution in [0, 0.1) is 0 Å². The summed E-state index contributed by atoms with van der Waals surface area (Å²) in [7, 11) is -3.29. The van der Waals surface area contributed by atoms with Crippen molar-refractivity contribution in [2.75, 3.05) is 36.3 Å². The Morgan fingerprint density at radius 3 is 2.57 bits per heavy atom. The van der Waals surface area contributed by atoms with E-state index in [0.717, 1.165) is 11.2 Å². The van der Waals surface area contributed by atoms with Crippen LogP contribution in [0.4, 0.5) is 10.5 Å². The number of hydrogen-bond acceptors (Lipinski definition) is 9. The first-order valence-electron chi connectivity index (χ1n) is 10.0. The molecule has 3 rings (SSSR count). The number of nitrogens with zero attached hydrogens (tertiary/aromatic N) is 1. The van der Waals surface area contributed by atoms with Gasteiger partial charge in [-0.15, -0.1) is 11.8 Å². The van der Waals surface area contributed by atoms with Crippen molar-refractivity contribution in [1.29, 1.82) is 0 Å². The molecule has 2 atom stereocenters. The van der Waals surface area contributed by atoms with E-state index in [2.05, 4.69) is 10.6 Å². The van der Waals surface area contributed by atoms with Crippen LogP contribution in [0.2, 0.25) is 0 Å². The van der Waals surface area contributed by atoms with E-state index in [1.54, 1.807) is 18.2 Å². The quantitative estimate of drug-likeness (QED) is 0.223. The molecule has 3 amide bonds. The molecule has 2 aliphatic heterocycles. The van der Waals surface area contributed by atoms with E-state index in [1.165, 1.54) is 17.8 Å². The number of carboxylic acids is 1. The van der Waals surface area contributed by atoms with Crippen molar-refractivity contribution in [3.8, 4) is 0 Å². The van der Waals surface area contributed by atoms with Crippen LogP contribution >= 0.6 is 11.8 Å². The van der Waals surface area contributed by atoms with Gasteiger partial charge in [-0.25, -0.2) is 18.0 Å². The van der Waals surface area contributed by atoms with E-state index in [9.17, 15) is 37.8 Å². The molecule has 0 spiro atoms. The summed E-state index contributed by atoms with van der Waals surface area (Å²) in [5.74, 6) is -2.54. The van der Waals surface area contributed by atoms with Crippen LogP contribution in [0.15, 0.2) is 35.5 Å². The minimum atomic E-state index is -3.29. The zero-order valence-electron chi connectivity index (χ0n) is 18.0. The molecular formula is C20H24N3NaO9S2. The molecule has 0 aliphatic carbocycles. The Morgan fingerprint density at radius 1 is 1.26 bits per heavy atom. The molecule has 0 radical (unpaired) electrons. The van der Waals surface area contributed by atoms with E-state index < -0.39 is 51.7 Å². The molecule has 2 heterocycles. The fourth-order valence-corrected chi connectivity index (χ4v) is 5.15. The van der Waals surface area contributed by atoms with Gasteiger partial charge in [-0.05, 0) is 17.2 Å². The first kappa shape index (κ1) is 29.1. The molecule has 1 aromatic rings. The number of fused-ring (bicyclic) bond motifs is 1. The average molecular weight is 538 g/mol. The fourth-order valence-electron chi connectivity index (χ4n) is 3.43. The second-order valence-corrected chi connectivity index (χ2v) is 11.0. The molecule has 2 aliphatic rings. The number of aliphatic carboxylic acids is 1. The van der Waals surface area contributed by atoms with Gasteiger partial charge in [0, 0.05) is 17.7 Å². The van der Waals surface area contributed by atoms with Crippen LogP contribution in [0.5, 0.6) is 0 Å². The summed E-state index contributed by atoms with van der Waals surface area (Å²) in [6.07, 6.45) is -0.0536. The van der Waals surface area contributed by atoms with Crippen LogP contribution < -0.4 is 10.6 Å². The van der Waals surface area contributed by atoms with Gasteiger partial charge >= 0.3 is 41.6 Å². The third-order valence-electron chi connectivity index (χ3n) is 5.05. The van der Waals surface area contributed by atoms with E-state index in [-0.39, 0.29) is 71.0 Å². The molecule has 35 heavy (non-hydrogen) atoms. The summed E-state index contributed by atoms with van der Waals surface area (Å²) < 4.78 is 27.1. The van der Waals surface area contributed by atoms with Gasteiger partial charge in [-0.2, -0.15) is 0 Å². The molecule has 186 valence electrons. The summed E-state index contributed by atoms with van der Waals surface area (Å²) in [5, 5.41) is 23.2. The van der Waals surface area contributed by atoms with Gasteiger partial charge in [-0.3, -0.25) is 19.8 Å². The van der Waals surface area contributed by atoms with Gasteiger partial charge in [0.1, 0.15) is 23.7 Å². The van der Waals surface area contributed by atoms with E-state index in [0.29, 0.717) is 5.56 Å².